The van der Waals surface area contributed by atoms with Gasteiger partial charge in [0.05, 0.1) is 54.2 Å². The maximum atomic E-state index is 15.9. The fraction of sp³-hybridized carbons (Fsp3) is 0.457. The molecule has 2 aromatic carbocycles. The molecule has 17 heteroatoms. The van der Waals surface area contributed by atoms with E-state index in [1.807, 2.05) is 35.2 Å². The van der Waals surface area contributed by atoms with Gasteiger partial charge in [0.1, 0.15) is 29.5 Å². The smallest absolute Gasteiger partial charge is 0.407 e. The molecule has 330 valence electrons. The van der Waals surface area contributed by atoms with E-state index in [9.17, 15) is 19.2 Å². The molecule has 0 spiro atoms. The number of rotatable bonds is 12. The summed E-state index contributed by atoms with van der Waals surface area (Å²) in [6.45, 7) is 3.33. The first kappa shape index (κ1) is 42.1. The van der Waals surface area contributed by atoms with E-state index in [1.165, 1.54) is 13.2 Å². The van der Waals surface area contributed by atoms with Gasteiger partial charge in [0.25, 0.3) is 0 Å². The van der Waals surface area contributed by atoms with Crippen LogP contribution in [-0.4, -0.2) is 118 Å². The van der Waals surface area contributed by atoms with Gasteiger partial charge in [-0.2, -0.15) is 0 Å². The van der Waals surface area contributed by atoms with Crippen molar-refractivity contribution in [2.45, 2.75) is 75.5 Å². The van der Waals surface area contributed by atoms with Gasteiger partial charge in [-0.15, -0.1) is 0 Å². The standard InChI is InChI=1S/C46H52FN9O7/c1-61-46(60)54-41(28-14-20-63-21-15-28)45(59)56-17-3-5-39(56)43-49-25-37(53-43)31-6-9-32(33(47)23-31)35-11-8-29-22-30(7-10-34(29)51-35)36-24-48-42(52-36)38-4-2-16-55(38)44(58)40(50-26-57)27-12-18-62-19-13-27/h6-11,22-28,38-41H,2-5,12-21H2,1H3,(H,48,52)(H,49,53)(H,50,57)(H,54,60)/t38-,39-,40-,41-/m0/s1. The molecule has 63 heavy (non-hydrogen) atoms. The fourth-order valence-corrected chi connectivity index (χ4v) is 9.77. The summed E-state index contributed by atoms with van der Waals surface area (Å²) in [7, 11) is 1.28. The first-order valence-corrected chi connectivity index (χ1v) is 21.9. The molecule has 0 saturated carbocycles. The first-order valence-electron chi connectivity index (χ1n) is 21.9. The molecule has 0 radical (unpaired) electrons. The van der Waals surface area contributed by atoms with Crippen LogP contribution >= 0.6 is 0 Å². The van der Waals surface area contributed by atoms with Crippen LogP contribution in [-0.2, 0) is 28.6 Å². The number of nitrogens with one attached hydrogen (secondary N) is 4. The highest BCUT2D eigenvalue weighted by Crippen LogP contribution is 2.37. The number of imidazole rings is 2. The molecular weight excluding hydrogens is 810 g/mol. The van der Waals surface area contributed by atoms with Gasteiger partial charge in [-0.05, 0) is 93.5 Å². The van der Waals surface area contributed by atoms with Crippen LogP contribution in [0, 0.1) is 17.7 Å². The molecule has 4 saturated heterocycles. The second-order valence-corrected chi connectivity index (χ2v) is 16.8. The lowest BCUT2D eigenvalue weighted by Gasteiger charge is -2.34. The van der Waals surface area contributed by atoms with Crippen molar-refractivity contribution in [3.8, 4) is 33.8 Å². The lowest BCUT2D eigenvalue weighted by Crippen LogP contribution is -2.53. The molecule has 4 aliphatic heterocycles. The molecule has 0 bridgehead atoms. The lowest BCUT2D eigenvalue weighted by atomic mass is 9.90. The van der Waals surface area contributed by atoms with Crippen molar-refractivity contribution < 1.29 is 37.8 Å². The molecule has 16 nitrogen and oxygen atoms in total. The number of hydrogen-bond acceptors (Lipinski definition) is 10. The minimum Gasteiger partial charge on any atom is -0.453 e. The van der Waals surface area contributed by atoms with Gasteiger partial charge in [-0.1, -0.05) is 18.2 Å². The van der Waals surface area contributed by atoms with Gasteiger partial charge in [-0.3, -0.25) is 14.4 Å². The van der Waals surface area contributed by atoms with E-state index in [4.69, 9.17) is 24.2 Å². The van der Waals surface area contributed by atoms with Crippen molar-refractivity contribution in [1.82, 2.24) is 45.4 Å². The highest BCUT2D eigenvalue weighted by molar-refractivity contribution is 5.88. The van der Waals surface area contributed by atoms with Gasteiger partial charge in [0.15, 0.2) is 0 Å². The molecule has 4 amide bonds. The summed E-state index contributed by atoms with van der Waals surface area (Å²) in [4.78, 5) is 76.1. The van der Waals surface area contributed by atoms with Crippen molar-refractivity contribution in [3.63, 3.8) is 0 Å². The van der Waals surface area contributed by atoms with Gasteiger partial charge >= 0.3 is 6.09 Å². The van der Waals surface area contributed by atoms with E-state index in [2.05, 4.69) is 25.6 Å². The van der Waals surface area contributed by atoms with Gasteiger partial charge in [0, 0.05) is 61.6 Å². The third-order valence-corrected chi connectivity index (χ3v) is 13.2. The van der Waals surface area contributed by atoms with Crippen molar-refractivity contribution in [2.24, 2.45) is 11.8 Å². The summed E-state index contributed by atoms with van der Waals surface area (Å²) in [6, 6.07) is 12.7. The number of halogens is 1. The van der Waals surface area contributed by atoms with Gasteiger partial charge in [0.2, 0.25) is 18.2 Å². The van der Waals surface area contributed by atoms with E-state index >= 15 is 4.39 Å². The quantitative estimate of drug-likeness (QED) is 0.111. The molecule has 5 aromatic rings. The van der Waals surface area contributed by atoms with E-state index in [0.717, 1.165) is 48.7 Å². The number of fused-ring (bicyclic) bond motifs is 1. The number of ether oxygens (including phenoxy) is 3. The second-order valence-electron chi connectivity index (χ2n) is 16.8. The Morgan fingerprint density at radius 2 is 1.35 bits per heavy atom. The van der Waals surface area contributed by atoms with Crippen molar-refractivity contribution in [3.05, 3.63) is 78.4 Å². The molecule has 4 aliphatic rings. The Balaban J connectivity index is 0.878. The topological polar surface area (TPSA) is 197 Å². The average molecular weight is 862 g/mol. The number of nitrogens with zero attached hydrogens (tertiary/aromatic N) is 5. The highest BCUT2D eigenvalue weighted by atomic mass is 19.1. The maximum absolute atomic E-state index is 15.9. The molecule has 7 heterocycles. The number of amides is 4. The second kappa shape index (κ2) is 18.6. The van der Waals surface area contributed by atoms with Crippen LogP contribution < -0.4 is 10.6 Å². The predicted octanol–water partition coefficient (Wildman–Crippen LogP) is 5.84. The Labute approximate surface area is 363 Å². The summed E-state index contributed by atoms with van der Waals surface area (Å²) in [6.07, 6.45) is 9.24. The lowest BCUT2D eigenvalue weighted by molar-refractivity contribution is -0.138. The Bertz CT molecular complexity index is 2460. The third-order valence-electron chi connectivity index (χ3n) is 13.2. The number of alkyl carbamates (subject to hydrolysis) is 1. The third kappa shape index (κ3) is 8.76. The highest BCUT2D eigenvalue weighted by Gasteiger charge is 2.41. The number of H-pyrrole nitrogens is 2. The van der Waals surface area contributed by atoms with E-state index in [-0.39, 0.29) is 35.7 Å². The van der Waals surface area contributed by atoms with Crippen molar-refractivity contribution >= 4 is 35.2 Å². The van der Waals surface area contributed by atoms with E-state index in [0.29, 0.717) is 105 Å². The number of hydrogen-bond donors (Lipinski definition) is 4. The molecule has 4 fully saturated rings. The van der Waals surface area contributed by atoms with E-state index in [1.54, 1.807) is 29.4 Å². The van der Waals surface area contributed by atoms with Gasteiger partial charge in [-0.25, -0.2) is 24.1 Å². The zero-order chi connectivity index (χ0) is 43.5. The molecule has 4 atom stereocenters. The maximum Gasteiger partial charge on any atom is 0.407 e. The van der Waals surface area contributed by atoms with Crippen molar-refractivity contribution in [2.75, 3.05) is 46.6 Å². The normalized spacial score (nSPS) is 20.7. The molecule has 4 N–H and O–H groups in total. The van der Waals surface area contributed by atoms with Crippen LogP contribution in [0.1, 0.15) is 75.1 Å². The predicted molar refractivity (Wildman–Crippen MR) is 229 cm³/mol. The Kier molecular flexibility index (Phi) is 12.5. The number of aromatic amines is 2. The van der Waals surface area contributed by atoms with Crippen LogP contribution in [0.5, 0.6) is 0 Å². The summed E-state index contributed by atoms with van der Waals surface area (Å²) in [5, 5.41) is 6.44. The zero-order valence-corrected chi connectivity index (χ0v) is 35.2. The minimum absolute atomic E-state index is 0.0275. The molecule has 0 aliphatic carbocycles. The van der Waals surface area contributed by atoms with Gasteiger partial charge < -0.3 is 44.6 Å². The molecular formula is C46H52FN9O7. The summed E-state index contributed by atoms with van der Waals surface area (Å²) in [5.41, 5.74) is 4.45. The minimum atomic E-state index is -0.739. The molecule has 0 unspecified atom stereocenters. The number of benzene rings is 2. The number of pyridine rings is 1. The number of methoxy groups -OCH3 is 1. The summed E-state index contributed by atoms with van der Waals surface area (Å²) >= 11 is 0. The van der Waals surface area contributed by atoms with Crippen LogP contribution in [0.25, 0.3) is 44.7 Å². The average Bonchev–Trinajstić information content (AvgIpc) is 4.17. The number of aromatic nitrogens is 5. The number of carbonyl (C=O) groups is 4. The van der Waals surface area contributed by atoms with E-state index < -0.39 is 24.0 Å². The molecule has 9 rings (SSSR count). The number of carbonyl (C=O) groups excluding carboxylic acids is 4. The Morgan fingerprint density at radius 1 is 0.778 bits per heavy atom. The first-order chi connectivity index (χ1) is 30.8. The molecule has 3 aromatic heterocycles. The summed E-state index contributed by atoms with van der Waals surface area (Å²) in [5.74, 6) is 0.551. The zero-order valence-electron chi connectivity index (χ0n) is 35.2. The summed E-state index contributed by atoms with van der Waals surface area (Å²) < 4.78 is 31.8. The largest absolute Gasteiger partial charge is 0.453 e. The number of likely N-dealkylation sites (tertiary alicyclic amines) is 2. The van der Waals surface area contributed by atoms with Crippen LogP contribution in [0.4, 0.5) is 9.18 Å². The fourth-order valence-electron chi connectivity index (χ4n) is 9.77. The van der Waals surface area contributed by atoms with Crippen molar-refractivity contribution in [1.29, 1.82) is 0 Å². The van der Waals surface area contributed by atoms with Crippen LogP contribution in [0.2, 0.25) is 0 Å². The van der Waals surface area contributed by atoms with Crippen LogP contribution in [0.3, 0.4) is 0 Å². The Morgan fingerprint density at radius 3 is 1.94 bits per heavy atom. The Hall–Kier alpha value is -6.20. The SMILES string of the molecule is COC(=O)N[C@H](C(=O)N1CCC[C@H]1c1ncc(-c2ccc(-c3ccc4cc(-c5cnc([C@@H]6CCCN6C(=O)[C@@H](NC=O)C6CCOCC6)[nH]5)ccc4n3)c(F)c2)[nH]1)C1CCOCC1. The van der Waals surface area contributed by atoms with Crippen LogP contribution in [0.15, 0.2) is 60.9 Å². The monoisotopic (exact) mass is 861 g/mol.